The molecule has 3 amide bonds. The number of hydrogen-bond donors (Lipinski definition) is 3. The topological polar surface area (TPSA) is 117 Å². The quantitative estimate of drug-likeness (QED) is 0.309. The van der Waals surface area contributed by atoms with Gasteiger partial charge in [-0.25, -0.2) is 0 Å². The van der Waals surface area contributed by atoms with Crippen LogP contribution >= 0.6 is 11.6 Å². The van der Waals surface area contributed by atoms with E-state index in [2.05, 4.69) is 10.6 Å². The standard InChI is InChI=1S/C34H36ClN3O6/c1-4-43-23-16-14-22(15-17-23)36-30(40)27-28-32(42)38(26(19-39)21-10-6-5-7-11-21)29(34(28)18-20(2)33(27,3)44-34)31(41)37-25-13-9-8-12-24(25)35/h5-17,20,26-29,39H,4,18-19H2,1-3H3,(H,36,40)(H,37,41)/t20?,26-,27+,28+,29?,33-,34?/m1/s1. The molecule has 3 unspecified atom stereocenters. The second-order valence-corrected chi connectivity index (χ2v) is 12.4. The number of hydrogen-bond acceptors (Lipinski definition) is 6. The Morgan fingerprint density at radius 2 is 1.73 bits per heavy atom. The van der Waals surface area contributed by atoms with Crippen LogP contribution in [0.25, 0.3) is 0 Å². The van der Waals surface area contributed by atoms with Gasteiger partial charge in [-0.15, -0.1) is 0 Å². The van der Waals surface area contributed by atoms with Gasteiger partial charge in [-0.3, -0.25) is 14.4 Å². The van der Waals surface area contributed by atoms with Gasteiger partial charge in [0.1, 0.15) is 17.4 Å². The van der Waals surface area contributed by atoms with E-state index >= 15 is 0 Å². The number of nitrogens with one attached hydrogen (secondary N) is 2. The molecule has 7 atom stereocenters. The fraction of sp³-hybridized carbons (Fsp3) is 0.382. The summed E-state index contributed by atoms with van der Waals surface area (Å²) in [5.74, 6) is -2.58. The van der Waals surface area contributed by atoms with E-state index in [1.807, 2.05) is 39.0 Å². The first kappa shape index (κ1) is 30.1. The van der Waals surface area contributed by atoms with Crippen molar-refractivity contribution in [2.75, 3.05) is 23.8 Å². The lowest BCUT2D eigenvalue weighted by atomic mass is 9.62. The number of anilines is 2. The van der Waals surface area contributed by atoms with Crippen molar-refractivity contribution in [3.63, 3.8) is 0 Å². The fourth-order valence-electron chi connectivity index (χ4n) is 7.53. The maximum Gasteiger partial charge on any atom is 0.250 e. The maximum absolute atomic E-state index is 14.6. The highest BCUT2D eigenvalue weighted by Crippen LogP contribution is 2.66. The molecule has 3 aliphatic heterocycles. The minimum atomic E-state index is -1.31. The summed E-state index contributed by atoms with van der Waals surface area (Å²) in [6, 6.07) is 21.0. The Kier molecular flexibility index (Phi) is 7.90. The average Bonchev–Trinajstić information content (AvgIpc) is 3.53. The highest BCUT2D eigenvalue weighted by molar-refractivity contribution is 6.33. The fourth-order valence-corrected chi connectivity index (χ4v) is 7.71. The van der Waals surface area contributed by atoms with E-state index in [9.17, 15) is 19.5 Å². The monoisotopic (exact) mass is 617 g/mol. The van der Waals surface area contributed by atoms with Gasteiger partial charge in [-0.1, -0.05) is 61.0 Å². The van der Waals surface area contributed by atoms with E-state index in [1.165, 1.54) is 4.90 Å². The van der Waals surface area contributed by atoms with Crippen LogP contribution in [0.2, 0.25) is 5.02 Å². The third kappa shape index (κ3) is 4.74. The molecular weight excluding hydrogens is 582 g/mol. The molecule has 3 N–H and O–H groups in total. The van der Waals surface area contributed by atoms with Gasteiger partial charge in [0.05, 0.1) is 47.4 Å². The third-order valence-electron chi connectivity index (χ3n) is 9.54. The molecule has 3 aliphatic rings. The molecule has 3 aromatic carbocycles. The van der Waals surface area contributed by atoms with Crippen molar-refractivity contribution in [3.05, 3.63) is 89.4 Å². The van der Waals surface area contributed by atoms with Crippen LogP contribution in [-0.4, -0.2) is 58.2 Å². The zero-order valence-corrected chi connectivity index (χ0v) is 25.6. The Morgan fingerprint density at radius 3 is 2.39 bits per heavy atom. The van der Waals surface area contributed by atoms with Crippen LogP contribution in [0.5, 0.6) is 5.75 Å². The van der Waals surface area contributed by atoms with Crippen LogP contribution in [0.1, 0.15) is 38.8 Å². The number of likely N-dealkylation sites (tertiary alicyclic amines) is 1. The molecule has 3 aromatic rings. The molecule has 10 heteroatoms. The number of rotatable bonds is 9. The smallest absolute Gasteiger partial charge is 0.250 e. The van der Waals surface area contributed by atoms with Gasteiger partial charge in [0.2, 0.25) is 17.7 Å². The molecular formula is C34H36ClN3O6. The molecule has 3 saturated heterocycles. The Morgan fingerprint density at radius 1 is 1.05 bits per heavy atom. The molecule has 1 spiro atoms. The van der Waals surface area contributed by atoms with Gasteiger partial charge in [-0.05, 0) is 68.1 Å². The molecule has 44 heavy (non-hydrogen) atoms. The van der Waals surface area contributed by atoms with Gasteiger partial charge in [0.25, 0.3) is 0 Å². The lowest BCUT2D eigenvalue weighted by Gasteiger charge is -2.37. The number of amides is 3. The zero-order valence-electron chi connectivity index (χ0n) is 24.8. The van der Waals surface area contributed by atoms with E-state index in [0.29, 0.717) is 40.7 Å². The normalized spacial score (nSPS) is 29.3. The van der Waals surface area contributed by atoms with E-state index < -0.39 is 53.5 Å². The average molecular weight is 618 g/mol. The summed E-state index contributed by atoms with van der Waals surface area (Å²) in [5.41, 5.74) is -0.701. The molecule has 0 aliphatic carbocycles. The van der Waals surface area contributed by atoms with Crippen LogP contribution in [-0.2, 0) is 19.1 Å². The van der Waals surface area contributed by atoms with Crippen LogP contribution in [0.15, 0.2) is 78.9 Å². The first-order valence-electron chi connectivity index (χ1n) is 14.9. The highest BCUT2D eigenvalue weighted by Gasteiger charge is 2.80. The molecule has 0 saturated carbocycles. The van der Waals surface area contributed by atoms with Crippen LogP contribution in [0.4, 0.5) is 11.4 Å². The lowest BCUT2D eigenvalue weighted by Crippen LogP contribution is -2.54. The molecule has 9 nitrogen and oxygen atoms in total. The molecule has 230 valence electrons. The van der Waals surface area contributed by atoms with Gasteiger partial charge in [0, 0.05) is 5.69 Å². The minimum absolute atomic E-state index is 0.150. The Hall–Kier alpha value is -3.92. The van der Waals surface area contributed by atoms with E-state index in [-0.39, 0.29) is 11.8 Å². The number of fused-ring (bicyclic) bond motifs is 1. The Labute approximate surface area is 261 Å². The second-order valence-electron chi connectivity index (χ2n) is 12.0. The molecule has 3 fully saturated rings. The molecule has 2 bridgehead atoms. The van der Waals surface area contributed by atoms with Crippen LogP contribution < -0.4 is 15.4 Å². The minimum Gasteiger partial charge on any atom is -0.494 e. The zero-order chi connectivity index (χ0) is 31.2. The van der Waals surface area contributed by atoms with Crippen molar-refractivity contribution in [1.29, 1.82) is 0 Å². The number of para-hydroxylation sites is 1. The van der Waals surface area contributed by atoms with Crippen molar-refractivity contribution in [3.8, 4) is 5.75 Å². The first-order chi connectivity index (χ1) is 21.1. The van der Waals surface area contributed by atoms with Crippen molar-refractivity contribution < 1.29 is 29.0 Å². The predicted molar refractivity (Wildman–Crippen MR) is 166 cm³/mol. The van der Waals surface area contributed by atoms with Crippen molar-refractivity contribution in [1.82, 2.24) is 4.90 Å². The van der Waals surface area contributed by atoms with Gasteiger partial charge >= 0.3 is 0 Å². The predicted octanol–water partition coefficient (Wildman–Crippen LogP) is 5.06. The first-order valence-corrected chi connectivity index (χ1v) is 15.3. The number of halogens is 1. The van der Waals surface area contributed by atoms with Crippen molar-refractivity contribution in [2.24, 2.45) is 17.8 Å². The molecule has 3 heterocycles. The summed E-state index contributed by atoms with van der Waals surface area (Å²) in [6.45, 7) is 5.83. The SMILES string of the molecule is CCOc1ccc(NC(=O)[C@@H]2[C@H]3C(=O)N([C@H](CO)c4ccccc4)C(C(=O)Nc4ccccc4Cl)C34CC(C)[C@@]2(C)O4)cc1. The van der Waals surface area contributed by atoms with Crippen molar-refractivity contribution in [2.45, 2.75) is 50.5 Å². The van der Waals surface area contributed by atoms with E-state index in [1.54, 1.807) is 60.7 Å². The van der Waals surface area contributed by atoms with Crippen LogP contribution in [0, 0.1) is 17.8 Å². The largest absolute Gasteiger partial charge is 0.494 e. The molecule has 0 aromatic heterocycles. The van der Waals surface area contributed by atoms with Gasteiger partial charge in [0.15, 0.2) is 0 Å². The van der Waals surface area contributed by atoms with Crippen molar-refractivity contribution >= 4 is 40.7 Å². The summed E-state index contributed by atoms with van der Waals surface area (Å²) in [7, 11) is 0. The highest BCUT2D eigenvalue weighted by atomic mass is 35.5. The van der Waals surface area contributed by atoms with E-state index in [0.717, 1.165) is 0 Å². The summed E-state index contributed by atoms with van der Waals surface area (Å²) in [5, 5.41) is 16.9. The number of carbonyl (C=O) groups is 3. The number of aliphatic hydroxyl groups excluding tert-OH is 1. The number of carbonyl (C=O) groups excluding carboxylic acids is 3. The van der Waals surface area contributed by atoms with E-state index in [4.69, 9.17) is 21.1 Å². The number of benzene rings is 3. The number of aliphatic hydroxyl groups is 1. The van der Waals surface area contributed by atoms with Crippen LogP contribution in [0.3, 0.4) is 0 Å². The molecule has 0 radical (unpaired) electrons. The summed E-state index contributed by atoms with van der Waals surface area (Å²) in [4.78, 5) is 44.5. The number of ether oxygens (including phenoxy) is 2. The maximum atomic E-state index is 14.6. The third-order valence-corrected chi connectivity index (χ3v) is 9.87. The summed E-state index contributed by atoms with van der Waals surface area (Å²) >= 11 is 6.40. The second kappa shape index (κ2) is 11.5. The summed E-state index contributed by atoms with van der Waals surface area (Å²) < 4.78 is 12.3. The van der Waals surface area contributed by atoms with Gasteiger partial charge < -0.3 is 30.1 Å². The lowest BCUT2D eigenvalue weighted by molar-refractivity contribution is -0.148. The van der Waals surface area contributed by atoms with Gasteiger partial charge in [-0.2, -0.15) is 0 Å². The molecule has 6 rings (SSSR count). The number of nitrogens with zero attached hydrogens (tertiary/aromatic N) is 1. The summed E-state index contributed by atoms with van der Waals surface area (Å²) in [6.07, 6.45) is 0.386. The Balaban J connectivity index is 1.42. The Bertz CT molecular complexity index is 1570.